The van der Waals surface area contributed by atoms with Crippen molar-refractivity contribution in [2.24, 2.45) is 0 Å². The molecule has 0 radical (unpaired) electrons. The first-order valence-corrected chi connectivity index (χ1v) is 9.91. The molecule has 152 valence electrons. The third kappa shape index (κ3) is 4.81. The maximum Gasteiger partial charge on any atom is 0.433 e. The number of aromatic nitrogens is 2. The Hall–Kier alpha value is -2.16. The smallest absolute Gasteiger partial charge is 0.433 e. The van der Waals surface area contributed by atoms with E-state index in [2.05, 4.69) is 9.97 Å². The number of carbonyl (C=O) groups is 1. The topological polar surface area (TPSA) is 55.3 Å². The number of piperidine rings is 1. The maximum absolute atomic E-state index is 12.7. The van der Waals surface area contributed by atoms with Crippen molar-refractivity contribution in [3.05, 3.63) is 35.1 Å². The number of carbonyl (C=O) groups excluding carboxylic acids is 1. The van der Waals surface area contributed by atoms with Gasteiger partial charge in [0.05, 0.1) is 11.7 Å². The zero-order valence-corrected chi connectivity index (χ0v) is 16.7. The first kappa shape index (κ1) is 20.6. The van der Waals surface area contributed by atoms with Crippen LogP contribution in [0.1, 0.15) is 57.5 Å². The van der Waals surface area contributed by atoms with Gasteiger partial charge in [0.1, 0.15) is 16.3 Å². The van der Waals surface area contributed by atoms with Crippen molar-refractivity contribution in [1.29, 1.82) is 0 Å². The molecule has 0 N–H and O–H groups in total. The first-order chi connectivity index (χ1) is 13.0. The number of ether oxygens (including phenoxy) is 1. The third-order valence-electron chi connectivity index (χ3n) is 4.30. The largest absolute Gasteiger partial charge is 0.444 e. The summed E-state index contributed by atoms with van der Waals surface area (Å²) in [6, 6.07) is 2.12. The van der Waals surface area contributed by atoms with Gasteiger partial charge in [0.2, 0.25) is 0 Å². The van der Waals surface area contributed by atoms with Crippen LogP contribution in [0, 0.1) is 0 Å². The molecule has 0 spiro atoms. The van der Waals surface area contributed by atoms with Gasteiger partial charge >= 0.3 is 12.3 Å². The summed E-state index contributed by atoms with van der Waals surface area (Å²) in [5.41, 5.74) is -0.274. The van der Waals surface area contributed by atoms with Crippen LogP contribution in [0.3, 0.4) is 0 Å². The summed E-state index contributed by atoms with van der Waals surface area (Å²) in [6.45, 7) is 6.06. The Balaban J connectivity index is 1.80. The van der Waals surface area contributed by atoms with Crippen molar-refractivity contribution in [3.8, 4) is 10.6 Å². The number of hydrogen-bond acceptors (Lipinski definition) is 5. The Labute approximate surface area is 165 Å². The number of likely N-dealkylation sites (tertiary alicyclic amines) is 1. The summed E-state index contributed by atoms with van der Waals surface area (Å²) in [6.07, 6.45) is -1.02. The van der Waals surface area contributed by atoms with E-state index in [-0.39, 0.29) is 12.1 Å². The van der Waals surface area contributed by atoms with E-state index in [0.29, 0.717) is 17.1 Å². The minimum atomic E-state index is -4.47. The summed E-state index contributed by atoms with van der Waals surface area (Å²) in [5.74, 6) is 0. The molecule has 0 aromatic carbocycles. The van der Waals surface area contributed by atoms with Crippen molar-refractivity contribution < 1.29 is 22.7 Å². The minimum absolute atomic E-state index is 0.198. The fourth-order valence-corrected chi connectivity index (χ4v) is 3.90. The fourth-order valence-electron chi connectivity index (χ4n) is 3.04. The Kier molecular flexibility index (Phi) is 5.65. The SMILES string of the molecule is CC(C)(C)OC(=O)N1CCCCC1c1csc(-c2ccc(C(F)(F)F)nc2)n1. The number of rotatable bonds is 2. The number of pyridine rings is 1. The molecule has 28 heavy (non-hydrogen) atoms. The molecule has 1 amide bonds. The standard InChI is InChI=1S/C19H22F3N3O2S/c1-18(2,3)27-17(26)25-9-5-4-6-14(25)13-11-28-16(24-13)12-7-8-15(23-10-12)19(20,21)22/h7-8,10-11,14H,4-6,9H2,1-3H3. The van der Waals surface area contributed by atoms with Gasteiger partial charge < -0.3 is 4.74 Å². The molecule has 3 heterocycles. The van der Waals surface area contributed by atoms with E-state index in [1.807, 2.05) is 26.2 Å². The van der Waals surface area contributed by atoms with Gasteiger partial charge in [0.15, 0.2) is 0 Å². The maximum atomic E-state index is 12.7. The van der Waals surface area contributed by atoms with Gasteiger partial charge in [-0.05, 0) is 52.2 Å². The van der Waals surface area contributed by atoms with Gasteiger partial charge in [0.25, 0.3) is 0 Å². The number of amides is 1. The molecule has 1 fully saturated rings. The predicted molar refractivity (Wildman–Crippen MR) is 99.9 cm³/mol. The molecule has 1 atom stereocenters. The molecule has 0 aliphatic carbocycles. The molecular formula is C19H22F3N3O2S. The summed E-state index contributed by atoms with van der Waals surface area (Å²) in [5, 5.41) is 2.42. The molecule has 5 nitrogen and oxygen atoms in total. The first-order valence-electron chi connectivity index (χ1n) is 9.03. The van der Waals surface area contributed by atoms with E-state index in [1.54, 1.807) is 4.90 Å². The van der Waals surface area contributed by atoms with Gasteiger partial charge in [-0.1, -0.05) is 0 Å². The molecule has 3 rings (SSSR count). The van der Waals surface area contributed by atoms with Crippen molar-refractivity contribution in [3.63, 3.8) is 0 Å². The van der Waals surface area contributed by atoms with Crippen molar-refractivity contribution >= 4 is 17.4 Å². The molecule has 1 unspecified atom stereocenters. The Bertz CT molecular complexity index is 828. The highest BCUT2D eigenvalue weighted by Crippen LogP contribution is 2.35. The third-order valence-corrected chi connectivity index (χ3v) is 5.20. The van der Waals surface area contributed by atoms with Gasteiger partial charge in [0, 0.05) is 23.7 Å². The van der Waals surface area contributed by atoms with Crippen LogP contribution >= 0.6 is 11.3 Å². The summed E-state index contributed by atoms with van der Waals surface area (Å²) >= 11 is 1.33. The molecular weight excluding hydrogens is 391 g/mol. The molecule has 2 aromatic heterocycles. The average molecular weight is 413 g/mol. The lowest BCUT2D eigenvalue weighted by Gasteiger charge is -2.36. The number of nitrogens with zero attached hydrogens (tertiary/aromatic N) is 3. The second-order valence-corrected chi connectivity index (χ2v) is 8.55. The van der Waals surface area contributed by atoms with Crippen LogP contribution in [0.25, 0.3) is 10.6 Å². The quantitative estimate of drug-likeness (QED) is 0.635. The molecule has 9 heteroatoms. The van der Waals surface area contributed by atoms with Gasteiger partial charge in [-0.15, -0.1) is 11.3 Å². The molecule has 1 aliphatic rings. The lowest BCUT2D eigenvalue weighted by molar-refractivity contribution is -0.141. The van der Waals surface area contributed by atoms with E-state index in [1.165, 1.54) is 23.6 Å². The Morgan fingerprint density at radius 2 is 2.00 bits per heavy atom. The number of alkyl halides is 3. The highest BCUT2D eigenvalue weighted by molar-refractivity contribution is 7.13. The molecule has 0 saturated carbocycles. The highest BCUT2D eigenvalue weighted by Gasteiger charge is 2.34. The van der Waals surface area contributed by atoms with Crippen LogP contribution in [0.2, 0.25) is 0 Å². The lowest BCUT2D eigenvalue weighted by Crippen LogP contribution is -2.42. The zero-order valence-electron chi connectivity index (χ0n) is 15.9. The van der Waals surface area contributed by atoms with Crippen LogP contribution in [-0.4, -0.2) is 33.1 Å². The summed E-state index contributed by atoms with van der Waals surface area (Å²) in [4.78, 5) is 22.3. The van der Waals surface area contributed by atoms with Crippen LogP contribution in [0.4, 0.5) is 18.0 Å². The highest BCUT2D eigenvalue weighted by atomic mass is 32.1. The monoisotopic (exact) mass is 413 g/mol. The van der Waals surface area contributed by atoms with Crippen LogP contribution in [0.15, 0.2) is 23.7 Å². The minimum Gasteiger partial charge on any atom is -0.444 e. The van der Waals surface area contributed by atoms with E-state index < -0.39 is 17.5 Å². The van der Waals surface area contributed by atoms with Crippen molar-refractivity contribution in [1.82, 2.24) is 14.9 Å². The van der Waals surface area contributed by atoms with Gasteiger partial charge in [-0.2, -0.15) is 13.2 Å². The Morgan fingerprint density at radius 3 is 2.61 bits per heavy atom. The van der Waals surface area contributed by atoms with E-state index >= 15 is 0 Å². The fraction of sp³-hybridized carbons (Fsp3) is 0.526. The van der Waals surface area contributed by atoms with Crippen LogP contribution < -0.4 is 0 Å². The van der Waals surface area contributed by atoms with Gasteiger partial charge in [-0.25, -0.2) is 9.78 Å². The van der Waals surface area contributed by atoms with Crippen molar-refractivity contribution in [2.45, 2.75) is 57.9 Å². The average Bonchev–Trinajstić information content (AvgIpc) is 3.09. The predicted octanol–water partition coefficient (Wildman–Crippen LogP) is 5.69. The summed E-state index contributed by atoms with van der Waals surface area (Å²) < 4.78 is 43.6. The molecule has 0 bridgehead atoms. The normalized spacial score (nSPS) is 18.2. The summed E-state index contributed by atoms with van der Waals surface area (Å²) in [7, 11) is 0. The molecule has 2 aromatic rings. The second-order valence-electron chi connectivity index (χ2n) is 7.69. The molecule has 1 aliphatic heterocycles. The van der Waals surface area contributed by atoms with Crippen LogP contribution in [0.5, 0.6) is 0 Å². The zero-order chi connectivity index (χ0) is 20.5. The van der Waals surface area contributed by atoms with Crippen LogP contribution in [-0.2, 0) is 10.9 Å². The van der Waals surface area contributed by atoms with Crippen molar-refractivity contribution in [2.75, 3.05) is 6.54 Å². The Morgan fingerprint density at radius 1 is 1.25 bits per heavy atom. The number of halogens is 3. The van der Waals surface area contributed by atoms with E-state index in [4.69, 9.17) is 4.74 Å². The lowest BCUT2D eigenvalue weighted by atomic mass is 10.0. The number of thiazole rings is 1. The number of hydrogen-bond donors (Lipinski definition) is 0. The van der Waals surface area contributed by atoms with E-state index in [9.17, 15) is 18.0 Å². The van der Waals surface area contributed by atoms with E-state index in [0.717, 1.165) is 31.0 Å². The second kappa shape index (κ2) is 7.69. The van der Waals surface area contributed by atoms with Gasteiger partial charge in [-0.3, -0.25) is 9.88 Å². The molecule has 1 saturated heterocycles.